The number of hydrogen-bond donors (Lipinski definition) is 3. The van der Waals surface area contributed by atoms with Crippen LogP contribution in [-0.4, -0.2) is 46.3 Å². The van der Waals surface area contributed by atoms with Crippen molar-refractivity contribution in [2.45, 2.75) is 64.3 Å². The van der Waals surface area contributed by atoms with E-state index in [-0.39, 0.29) is 11.8 Å². The van der Waals surface area contributed by atoms with Gasteiger partial charge in [0.15, 0.2) is 5.96 Å². The van der Waals surface area contributed by atoms with E-state index in [9.17, 15) is 4.79 Å². The van der Waals surface area contributed by atoms with Crippen LogP contribution in [0.3, 0.4) is 0 Å². The van der Waals surface area contributed by atoms with Crippen LogP contribution in [-0.2, 0) is 24.2 Å². The van der Waals surface area contributed by atoms with Gasteiger partial charge in [-0.05, 0) is 37.8 Å². The molecular weight excluding hydrogens is 390 g/mol. The van der Waals surface area contributed by atoms with Crippen molar-refractivity contribution >= 4 is 17.6 Å². The number of nitrogens with one attached hydrogen (secondary N) is 3. The van der Waals surface area contributed by atoms with E-state index >= 15 is 0 Å². The Labute approximate surface area is 183 Å². The number of carbonyl (C=O) groups excluding carboxylic acids is 1. The Kier molecular flexibility index (Phi) is 7.17. The molecule has 1 atom stereocenters. The van der Waals surface area contributed by atoms with Crippen LogP contribution < -0.4 is 16.0 Å². The predicted octanol–water partition coefficient (Wildman–Crippen LogP) is 2.62. The molecule has 1 aromatic carbocycles. The fourth-order valence-electron chi connectivity index (χ4n) is 4.39. The molecule has 0 saturated carbocycles. The van der Waals surface area contributed by atoms with Gasteiger partial charge in [-0.3, -0.25) is 9.79 Å². The van der Waals surface area contributed by atoms with Gasteiger partial charge in [0.05, 0.1) is 6.54 Å². The fourth-order valence-corrected chi connectivity index (χ4v) is 4.39. The lowest BCUT2D eigenvalue weighted by atomic mass is 9.91. The van der Waals surface area contributed by atoms with Crippen LogP contribution in [0.2, 0.25) is 0 Å². The Morgan fingerprint density at radius 2 is 2.13 bits per heavy atom. The highest BCUT2D eigenvalue weighted by atomic mass is 16.1. The van der Waals surface area contributed by atoms with E-state index in [4.69, 9.17) is 4.99 Å². The van der Waals surface area contributed by atoms with Gasteiger partial charge in [-0.15, -0.1) is 10.2 Å². The molecule has 8 heteroatoms. The number of guanidine groups is 1. The van der Waals surface area contributed by atoms with Gasteiger partial charge in [-0.1, -0.05) is 24.6 Å². The number of aromatic nitrogens is 3. The molecule has 1 aromatic heterocycles. The average Bonchev–Trinajstić information content (AvgIpc) is 3.00. The third-order valence-corrected chi connectivity index (χ3v) is 5.98. The third-order valence-electron chi connectivity index (χ3n) is 5.98. The minimum absolute atomic E-state index is 0.0595. The van der Waals surface area contributed by atoms with Crippen LogP contribution >= 0.6 is 0 Å². The highest BCUT2D eigenvalue weighted by molar-refractivity contribution is 5.94. The first-order valence-corrected chi connectivity index (χ1v) is 11.6. The van der Waals surface area contributed by atoms with E-state index in [1.807, 2.05) is 18.2 Å². The zero-order valence-electron chi connectivity index (χ0n) is 18.4. The van der Waals surface area contributed by atoms with Crippen molar-refractivity contribution < 1.29 is 4.79 Å². The van der Waals surface area contributed by atoms with Gasteiger partial charge >= 0.3 is 0 Å². The van der Waals surface area contributed by atoms with Crippen molar-refractivity contribution in [1.29, 1.82) is 0 Å². The summed E-state index contributed by atoms with van der Waals surface area (Å²) in [7, 11) is 0. The number of amides is 1. The molecule has 0 spiro atoms. The first-order chi connectivity index (χ1) is 15.2. The van der Waals surface area contributed by atoms with Crippen molar-refractivity contribution in [3.63, 3.8) is 0 Å². The lowest BCUT2D eigenvalue weighted by Crippen LogP contribution is -2.38. The van der Waals surface area contributed by atoms with Crippen molar-refractivity contribution in [3.8, 4) is 0 Å². The maximum absolute atomic E-state index is 12.0. The van der Waals surface area contributed by atoms with Crippen LogP contribution in [0.25, 0.3) is 0 Å². The molecule has 8 nitrogen and oxygen atoms in total. The monoisotopic (exact) mass is 423 g/mol. The Bertz CT molecular complexity index is 920. The molecular formula is C23H33N7O. The number of hydrogen-bond acceptors (Lipinski definition) is 4. The molecule has 3 heterocycles. The fraction of sp³-hybridized carbons (Fsp3) is 0.565. The zero-order chi connectivity index (χ0) is 21.5. The number of fused-ring (bicyclic) bond motifs is 2. The lowest BCUT2D eigenvalue weighted by Gasteiger charge is -2.24. The molecule has 2 aliphatic heterocycles. The van der Waals surface area contributed by atoms with E-state index in [1.54, 1.807) is 0 Å². The number of anilines is 1. The van der Waals surface area contributed by atoms with Crippen LogP contribution in [0, 0.1) is 0 Å². The standard InChI is InChI=1S/C23H33N7O/c1-2-24-23(26-16-17-15-22(31)27-19-10-6-5-9-18(17)19)25-13-8-12-21-29-28-20-11-4-3-7-14-30(20)21/h5-6,9-10,17H,2-4,7-8,11-16H2,1H3,(H,27,31)(H2,24,25,26). The minimum atomic E-state index is 0.0595. The van der Waals surface area contributed by atoms with Gasteiger partial charge in [0, 0.05) is 50.5 Å². The Balaban J connectivity index is 1.31. The van der Waals surface area contributed by atoms with Gasteiger partial charge in [-0.25, -0.2) is 0 Å². The zero-order valence-corrected chi connectivity index (χ0v) is 18.4. The molecule has 3 N–H and O–H groups in total. The number of nitrogens with zero attached hydrogens (tertiary/aromatic N) is 4. The van der Waals surface area contributed by atoms with Gasteiger partial charge in [0.1, 0.15) is 11.6 Å². The topological polar surface area (TPSA) is 96.2 Å². The molecule has 0 saturated heterocycles. The Hall–Kier alpha value is -2.90. The summed E-state index contributed by atoms with van der Waals surface area (Å²) < 4.78 is 2.32. The molecule has 1 amide bonds. The molecule has 31 heavy (non-hydrogen) atoms. The number of rotatable bonds is 7. The van der Waals surface area contributed by atoms with Gasteiger partial charge in [0.25, 0.3) is 0 Å². The molecule has 1 unspecified atom stereocenters. The van der Waals surface area contributed by atoms with Crippen LogP contribution in [0.1, 0.15) is 62.2 Å². The molecule has 2 aromatic rings. The summed E-state index contributed by atoms with van der Waals surface area (Å²) in [4.78, 5) is 16.8. The average molecular weight is 424 g/mol. The Morgan fingerprint density at radius 1 is 1.23 bits per heavy atom. The second-order valence-corrected chi connectivity index (χ2v) is 8.28. The first kappa shape index (κ1) is 21.3. The van der Waals surface area contributed by atoms with Crippen LogP contribution in [0.15, 0.2) is 29.3 Å². The molecule has 4 rings (SSSR count). The predicted molar refractivity (Wildman–Crippen MR) is 122 cm³/mol. The summed E-state index contributed by atoms with van der Waals surface area (Å²) in [6.07, 6.45) is 7.11. The maximum atomic E-state index is 12.0. The summed E-state index contributed by atoms with van der Waals surface area (Å²) >= 11 is 0. The van der Waals surface area contributed by atoms with Crippen LogP contribution in [0.4, 0.5) is 5.69 Å². The summed E-state index contributed by atoms with van der Waals surface area (Å²) in [6, 6.07) is 8.00. The van der Waals surface area contributed by atoms with Crippen molar-refractivity contribution in [2.24, 2.45) is 4.99 Å². The molecule has 0 radical (unpaired) electrons. The summed E-state index contributed by atoms with van der Waals surface area (Å²) in [5.41, 5.74) is 2.07. The van der Waals surface area contributed by atoms with Crippen molar-refractivity contribution in [2.75, 3.05) is 25.0 Å². The largest absolute Gasteiger partial charge is 0.357 e. The first-order valence-electron chi connectivity index (χ1n) is 11.6. The molecule has 0 aliphatic carbocycles. The summed E-state index contributed by atoms with van der Waals surface area (Å²) in [5.74, 6) is 3.21. The van der Waals surface area contributed by atoms with Gasteiger partial charge in [0.2, 0.25) is 5.91 Å². The van der Waals surface area contributed by atoms with Crippen molar-refractivity contribution in [1.82, 2.24) is 25.4 Å². The number of aryl methyl sites for hydroxylation is 2. The minimum Gasteiger partial charge on any atom is -0.357 e. The highest BCUT2D eigenvalue weighted by Gasteiger charge is 2.24. The summed E-state index contributed by atoms with van der Waals surface area (Å²) in [5, 5.41) is 18.5. The number of aliphatic imine (C=N–C) groups is 1. The maximum Gasteiger partial charge on any atom is 0.225 e. The van der Waals surface area contributed by atoms with E-state index in [1.165, 1.54) is 19.3 Å². The van der Waals surface area contributed by atoms with Crippen molar-refractivity contribution in [3.05, 3.63) is 41.5 Å². The second-order valence-electron chi connectivity index (χ2n) is 8.28. The number of carbonyl (C=O) groups is 1. The van der Waals surface area contributed by atoms with E-state index in [0.29, 0.717) is 13.0 Å². The van der Waals surface area contributed by atoms with Crippen LogP contribution in [0.5, 0.6) is 0 Å². The quantitative estimate of drug-likeness (QED) is 0.361. The normalized spacial score (nSPS) is 18.5. The van der Waals surface area contributed by atoms with E-state index in [0.717, 1.165) is 67.8 Å². The lowest BCUT2D eigenvalue weighted by molar-refractivity contribution is -0.116. The Morgan fingerprint density at radius 3 is 3.03 bits per heavy atom. The molecule has 0 fully saturated rings. The second kappa shape index (κ2) is 10.4. The molecule has 2 aliphatic rings. The van der Waals surface area contributed by atoms with Gasteiger partial charge < -0.3 is 20.5 Å². The van der Waals surface area contributed by atoms with E-state index in [2.05, 4.69) is 43.7 Å². The number of para-hydroxylation sites is 1. The van der Waals surface area contributed by atoms with E-state index < -0.39 is 0 Å². The SMILES string of the molecule is CCNC(=NCC1CC(=O)Nc2ccccc21)NCCCc1nnc2n1CCCCC2. The number of benzene rings is 1. The smallest absolute Gasteiger partial charge is 0.225 e. The molecule has 0 bridgehead atoms. The highest BCUT2D eigenvalue weighted by Crippen LogP contribution is 2.31. The van der Waals surface area contributed by atoms with Gasteiger partial charge in [-0.2, -0.15) is 0 Å². The third kappa shape index (κ3) is 5.42. The molecule has 166 valence electrons. The summed E-state index contributed by atoms with van der Waals surface area (Å²) in [6.45, 7) is 5.30.